The molecule has 0 aliphatic carbocycles. The Morgan fingerprint density at radius 1 is 1.04 bits per heavy atom. The van der Waals surface area contributed by atoms with Crippen LogP contribution in [0.4, 0.5) is 0 Å². The average Bonchev–Trinajstić information content (AvgIpc) is 2.96. The summed E-state index contributed by atoms with van der Waals surface area (Å²) in [4.78, 5) is 36.5. The summed E-state index contributed by atoms with van der Waals surface area (Å²) in [6, 6.07) is 12.8. The number of esters is 1. The lowest BCUT2D eigenvalue weighted by Crippen LogP contribution is -2.04. The highest BCUT2D eigenvalue weighted by Crippen LogP contribution is 2.26. The predicted octanol–water partition coefficient (Wildman–Crippen LogP) is 3.55. The van der Waals surface area contributed by atoms with Gasteiger partial charge in [-0.2, -0.15) is 0 Å². The van der Waals surface area contributed by atoms with Gasteiger partial charge in [0.1, 0.15) is 0 Å². The van der Waals surface area contributed by atoms with Crippen molar-refractivity contribution in [1.82, 2.24) is 0 Å². The third-order valence-electron chi connectivity index (χ3n) is 3.68. The number of carbonyl (C=O) groups excluding carboxylic acids is 2. The summed E-state index contributed by atoms with van der Waals surface area (Å²) < 4.78 is 5.31. The molecule has 0 aliphatic rings. The molecule has 0 radical (unpaired) electrons. The van der Waals surface area contributed by atoms with E-state index in [1.54, 1.807) is 12.1 Å². The molecule has 0 saturated carbocycles. The maximum atomic E-state index is 12.7. The second-order valence-corrected chi connectivity index (χ2v) is 6.22. The summed E-state index contributed by atoms with van der Waals surface area (Å²) in [5.74, 6) is -0.565. The second kappa shape index (κ2) is 6.30. The molecule has 0 spiro atoms. The van der Waals surface area contributed by atoms with Crippen LogP contribution >= 0.6 is 11.3 Å². The van der Waals surface area contributed by atoms with Gasteiger partial charge >= 0.3 is 5.97 Å². The lowest BCUT2D eigenvalue weighted by atomic mass is 10.1. The van der Waals surface area contributed by atoms with E-state index in [0.717, 1.165) is 10.1 Å². The molecular weight excluding hydrogens is 312 g/mol. The van der Waals surface area contributed by atoms with Crippen LogP contribution in [-0.2, 0) is 9.53 Å². The van der Waals surface area contributed by atoms with Crippen molar-refractivity contribution in [3.8, 4) is 0 Å². The van der Waals surface area contributed by atoms with Gasteiger partial charge in [-0.1, -0.05) is 30.3 Å². The number of methoxy groups -OCH3 is 1. The number of rotatable bonds is 4. The number of hydrogen-bond acceptors (Lipinski definition) is 5. The van der Waals surface area contributed by atoms with Crippen molar-refractivity contribution in [2.75, 3.05) is 7.11 Å². The predicted molar refractivity (Wildman–Crippen MR) is 91.2 cm³/mol. The van der Waals surface area contributed by atoms with E-state index < -0.39 is 5.97 Å². The van der Waals surface area contributed by atoms with Crippen molar-refractivity contribution < 1.29 is 14.3 Å². The van der Waals surface area contributed by atoms with Crippen LogP contribution in [-0.4, -0.2) is 18.9 Å². The Morgan fingerprint density at radius 3 is 2.61 bits per heavy atom. The maximum absolute atomic E-state index is 12.7. The van der Waals surface area contributed by atoms with E-state index in [1.165, 1.54) is 18.4 Å². The lowest BCUT2D eigenvalue weighted by molar-refractivity contribution is -0.140. The molecule has 0 bridgehead atoms. The van der Waals surface area contributed by atoms with Gasteiger partial charge in [-0.3, -0.25) is 14.4 Å². The quantitative estimate of drug-likeness (QED) is 0.543. The number of fused-ring (bicyclic) bond motifs is 2. The smallest absolute Gasteiger partial charge is 0.305 e. The normalized spacial score (nSPS) is 10.8. The summed E-state index contributed by atoms with van der Waals surface area (Å²) >= 11 is 1.28. The molecule has 0 atom stereocenters. The molecule has 0 N–H and O–H groups in total. The molecule has 23 heavy (non-hydrogen) atoms. The van der Waals surface area contributed by atoms with Gasteiger partial charge in [-0.25, -0.2) is 0 Å². The van der Waals surface area contributed by atoms with Crippen molar-refractivity contribution in [2.45, 2.75) is 12.8 Å². The third-order valence-corrected chi connectivity index (χ3v) is 4.83. The molecule has 0 saturated heterocycles. The fourth-order valence-corrected chi connectivity index (χ4v) is 3.47. The van der Waals surface area contributed by atoms with Gasteiger partial charge in [0.25, 0.3) is 0 Å². The number of hydrogen-bond donors (Lipinski definition) is 0. The van der Waals surface area contributed by atoms with Gasteiger partial charge in [0.2, 0.25) is 0 Å². The first-order valence-corrected chi connectivity index (χ1v) is 7.97. The molecule has 116 valence electrons. The monoisotopic (exact) mass is 326 g/mol. The Morgan fingerprint density at radius 2 is 1.83 bits per heavy atom. The van der Waals surface area contributed by atoms with Crippen LogP contribution in [0.15, 0.2) is 47.3 Å². The molecule has 0 fully saturated rings. The van der Waals surface area contributed by atoms with Gasteiger partial charge in [-0.15, -0.1) is 11.3 Å². The van der Waals surface area contributed by atoms with E-state index in [-0.39, 0.29) is 24.1 Å². The number of carbonyl (C=O) groups is 2. The van der Waals surface area contributed by atoms with E-state index in [1.807, 2.05) is 30.3 Å². The van der Waals surface area contributed by atoms with E-state index in [9.17, 15) is 14.4 Å². The third kappa shape index (κ3) is 3.00. The molecule has 1 aromatic heterocycles. The number of thiophene rings is 1. The molecule has 3 rings (SSSR count). The van der Waals surface area contributed by atoms with Gasteiger partial charge in [-0.05, 0) is 17.5 Å². The topological polar surface area (TPSA) is 60.4 Å². The van der Waals surface area contributed by atoms with E-state index in [0.29, 0.717) is 15.6 Å². The highest BCUT2D eigenvalue weighted by atomic mass is 32.1. The maximum Gasteiger partial charge on any atom is 0.305 e. The Bertz CT molecular complexity index is 972. The number of ketones is 1. The minimum atomic E-state index is -0.415. The van der Waals surface area contributed by atoms with Crippen LogP contribution in [0.2, 0.25) is 0 Å². The molecular formula is C18H14O4S. The zero-order valence-electron chi connectivity index (χ0n) is 12.5. The van der Waals surface area contributed by atoms with E-state index >= 15 is 0 Å². The first kappa shape index (κ1) is 15.4. The van der Waals surface area contributed by atoms with Crippen molar-refractivity contribution in [2.24, 2.45) is 0 Å². The van der Waals surface area contributed by atoms with Crippen molar-refractivity contribution in [1.29, 1.82) is 0 Å². The van der Waals surface area contributed by atoms with E-state index in [2.05, 4.69) is 4.74 Å². The standard InChI is InChI=1S/C18H14O4S/c1-22-17(20)9-7-14(19)16-10-13-15(23-16)8-6-11-4-2-3-5-12(11)18(13)21/h2-6,8,10H,7,9H2,1H3. The summed E-state index contributed by atoms with van der Waals surface area (Å²) in [6.07, 6.45) is 0.130. The summed E-state index contributed by atoms with van der Waals surface area (Å²) in [5, 5.41) is 2.05. The average molecular weight is 326 g/mol. The lowest BCUT2D eigenvalue weighted by Gasteiger charge is -1.97. The molecule has 0 amide bonds. The molecule has 0 unspecified atom stereocenters. The SMILES string of the molecule is COC(=O)CCC(=O)c1cc2c(=O)c3ccccc3ccc2s1. The van der Waals surface area contributed by atoms with Gasteiger partial charge in [0.15, 0.2) is 11.2 Å². The highest BCUT2D eigenvalue weighted by Gasteiger charge is 2.14. The fraction of sp³-hybridized carbons (Fsp3) is 0.167. The van der Waals surface area contributed by atoms with Crippen molar-refractivity contribution >= 4 is 43.9 Å². The summed E-state index contributed by atoms with van der Waals surface area (Å²) in [5.41, 5.74) is -0.0798. The number of Topliss-reactive ketones (excluding diaryl/α,β-unsaturated/α-hetero) is 1. The van der Waals surface area contributed by atoms with Crippen LogP contribution in [0.25, 0.3) is 20.9 Å². The van der Waals surface area contributed by atoms with Crippen LogP contribution in [0.1, 0.15) is 22.5 Å². The molecule has 3 aromatic rings. The molecule has 5 heteroatoms. The second-order valence-electron chi connectivity index (χ2n) is 5.14. The molecule has 1 heterocycles. The minimum absolute atomic E-state index is 0.0461. The van der Waals surface area contributed by atoms with Crippen LogP contribution in [0, 0.1) is 0 Å². The first-order valence-electron chi connectivity index (χ1n) is 7.16. The van der Waals surface area contributed by atoms with Crippen LogP contribution in [0.3, 0.4) is 0 Å². The van der Waals surface area contributed by atoms with Gasteiger partial charge in [0.05, 0.1) is 18.4 Å². The summed E-state index contributed by atoms with van der Waals surface area (Å²) in [7, 11) is 1.29. The zero-order chi connectivity index (χ0) is 16.4. The Labute approximate surface area is 136 Å². The van der Waals surface area contributed by atoms with Crippen molar-refractivity contribution in [3.05, 3.63) is 57.6 Å². The van der Waals surface area contributed by atoms with Crippen LogP contribution in [0.5, 0.6) is 0 Å². The van der Waals surface area contributed by atoms with Gasteiger partial charge in [0, 0.05) is 21.9 Å². The summed E-state index contributed by atoms with van der Waals surface area (Å²) in [6.45, 7) is 0. The Kier molecular flexibility index (Phi) is 4.21. The number of benzene rings is 1. The Balaban J connectivity index is 2.04. The highest BCUT2D eigenvalue weighted by molar-refractivity contribution is 7.20. The minimum Gasteiger partial charge on any atom is -0.469 e. The fourth-order valence-electron chi connectivity index (χ4n) is 2.44. The van der Waals surface area contributed by atoms with E-state index in [4.69, 9.17) is 0 Å². The molecule has 4 nitrogen and oxygen atoms in total. The zero-order valence-corrected chi connectivity index (χ0v) is 13.3. The largest absolute Gasteiger partial charge is 0.469 e. The van der Waals surface area contributed by atoms with Crippen LogP contribution < -0.4 is 5.43 Å². The molecule has 2 aromatic carbocycles. The number of ether oxygens (including phenoxy) is 1. The van der Waals surface area contributed by atoms with Gasteiger partial charge < -0.3 is 4.74 Å². The first-order chi connectivity index (χ1) is 11.1. The Hall–Kier alpha value is -2.53. The molecule has 0 aliphatic heterocycles. The van der Waals surface area contributed by atoms with Crippen molar-refractivity contribution in [3.63, 3.8) is 0 Å².